The summed E-state index contributed by atoms with van der Waals surface area (Å²) in [7, 11) is 0. The molecule has 226 valence electrons. The van der Waals surface area contributed by atoms with Gasteiger partial charge in [-0.05, 0) is 81.5 Å². The quantitative estimate of drug-likeness (QED) is 0.296. The minimum absolute atomic E-state index is 0.0866. The molecule has 6 rings (SSSR count). The summed E-state index contributed by atoms with van der Waals surface area (Å²) in [6.07, 6.45) is 2.01. The molecule has 2 saturated heterocycles. The van der Waals surface area contributed by atoms with Crippen LogP contribution in [-0.2, 0) is 19.2 Å². The number of aliphatic hydroxyl groups is 1. The number of anilines is 1. The highest BCUT2D eigenvalue weighted by Gasteiger charge is 2.76. The predicted octanol–water partition coefficient (Wildman–Crippen LogP) is 4.56. The van der Waals surface area contributed by atoms with E-state index in [1.54, 1.807) is 45.0 Å². The molecule has 1 N–H and O–H groups in total. The van der Waals surface area contributed by atoms with E-state index in [-0.39, 0.29) is 43.6 Å². The highest BCUT2D eigenvalue weighted by molar-refractivity contribution is 6.58. The van der Waals surface area contributed by atoms with Gasteiger partial charge in [-0.25, -0.2) is 9.29 Å². The van der Waals surface area contributed by atoms with E-state index < -0.39 is 56.6 Å². The number of hydrogen-bond acceptors (Lipinski definition) is 6. The van der Waals surface area contributed by atoms with Gasteiger partial charge in [0.1, 0.15) is 18.2 Å². The van der Waals surface area contributed by atoms with E-state index in [9.17, 15) is 23.6 Å². The Bertz CT molecular complexity index is 1550. The van der Waals surface area contributed by atoms with Crippen molar-refractivity contribution in [1.82, 2.24) is 4.90 Å². The monoisotopic (exact) mass is 628 g/mol. The third-order valence-electron chi connectivity index (χ3n) is 9.14. The molecule has 1 saturated carbocycles. The van der Waals surface area contributed by atoms with Crippen molar-refractivity contribution in [3.63, 3.8) is 0 Å². The standard InChI is InChI=1S/C32H31Cl2FN2O6/c1-30(2,3)37-26(39)22-13-12-21-23(24(22)27(37)40)16-31(33)28(41)36(19-8-6-18(35)7-9-19)29(42)32(31,34)25(21)17-4-10-20(11-5-17)43-15-14-38/h4-12,22-25,38H,13-16H2,1-3H3/t22-,23+,24-,25-,31+,32-/m0/s1. The number of halogens is 3. The van der Waals surface area contributed by atoms with Crippen LogP contribution in [0, 0.1) is 23.6 Å². The van der Waals surface area contributed by atoms with Crippen molar-refractivity contribution in [2.24, 2.45) is 17.8 Å². The number of benzene rings is 2. The Morgan fingerprint density at radius 2 is 1.60 bits per heavy atom. The minimum atomic E-state index is -2.00. The van der Waals surface area contributed by atoms with Crippen LogP contribution in [0.5, 0.6) is 5.75 Å². The van der Waals surface area contributed by atoms with Crippen LogP contribution in [0.15, 0.2) is 60.2 Å². The first-order valence-corrected chi connectivity index (χ1v) is 14.9. The van der Waals surface area contributed by atoms with Crippen molar-refractivity contribution in [1.29, 1.82) is 0 Å². The normalized spacial score (nSPS) is 32.0. The number of likely N-dealkylation sites (tertiary alicyclic amines) is 1. The van der Waals surface area contributed by atoms with Crippen molar-refractivity contribution >= 4 is 52.5 Å². The smallest absolute Gasteiger partial charge is 0.258 e. The molecule has 0 spiro atoms. The van der Waals surface area contributed by atoms with Gasteiger partial charge in [0, 0.05) is 11.5 Å². The summed E-state index contributed by atoms with van der Waals surface area (Å²) in [5.74, 6) is -5.18. The summed E-state index contributed by atoms with van der Waals surface area (Å²) in [5.41, 5.74) is 0.614. The summed E-state index contributed by atoms with van der Waals surface area (Å²) in [6.45, 7) is 5.31. The first-order valence-electron chi connectivity index (χ1n) is 14.2. The van der Waals surface area contributed by atoms with Crippen LogP contribution in [0.2, 0.25) is 0 Å². The van der Waals surface area contributed by atoms with Gasteiger partial charge in [0.05, 0.1) is 24.1 Å². The molecule has 11 heteroatoms. The van der Waals surface area contributed by atoms with Crippen LogP contribution in [0.1, 0.15) is 45.1 Å². The number of rotatable bonds is 5. The number of aliphatic hydroxyl groups excluding tert-OH is 1. The Balaban J connectivity index is 1.52. The summed E-state index contributed by atoms with van der Waals surface area (Å²) in [5, 5.41) is 9.14. The van der Waals surface area contributed by atoms with Gasteiger partial charge in [-0.2, -0.15) is 0 Å². The Hall–Kier alpha value is -3.27. The van der Waals surface area contributed by atoms with Crippen LogP contribution in [-0.4, -0.2) is 62.1 Å². The first kappa shape index (κ1) is 29.8. The maximum absolute atomic E-state index is 14.3. The molecule has 8 nitrogen and oxygen atoms in total. The van der Waals surface area contributed by atoms with Crippen molar-refractivity contribution in [2.75, 3.05) is 18.1 Å². The molecule has 0 aromatic heterocycles. The van der Waals surface area contributed by atoms with Gasteiger partial charge in [-0.3, -0.25) is 24.1 Å². The molecule has 2 heterocycles. The number of carbonyl (C=O) groups is 4. The largest absolute Gasteiger partial charge is 0.491 e. The fraction of sp³-hybridized carbons (Fsp3) is 0.438. The molecule has 4 aliphatic rings. The van der Waals surface area contributed by atoms with Gasteiger partial charge in [0.25, 0.3) is 11.8 Å². The maximum atomic E-state index is 14.3. The van der Waals surface area contributed by atoms with Crippen molar-refractivity contribution in [3.8, 4) is 5.75 Å². The predicted molar refractivity (Wildman–Crippen MR) is 157 cm³/mol. The number of amides is 4. The molecule has 3 fully saturated rings. The first-order chi connectivity index (χ1) is 20.3. The zero-order chi connectivity index (χ0) is 31.1. The summed E-state index contributed by atoms with van der Waals surface area (Å²) < 4.78 is 19.3. The Morgan fingerprint density at radius 3 is 2.21 bits per heavy atom. The van der Waals surface area contributed by atoms with Crippen LogP contribution in [0.25, 0.3) is 0 Å². The lowest BCUT2D eigenvalue weighted by Crippen LogP contribution is -2.60. The Kier molecular flexibility index (Phi) is 7.03. The highest BCUT2D eigenvalue weighted by Crippen LogP contribution is 2.66. The molecule has 2 aliphatic carbocycles. The molecule has 0 radical (unpaired) electrons. The van der Waals surface area contributed by atoms with E-state index in [4.69, 9.17) is 33.0 Å². The van der Waals surface area contributed by atoms with E-state index in [0.717, 1.165) is 17.0 Å². The van der Waals surface area contributed by atoms with E-state index in [2.05, 4.69) is 0 Å². The number of imide groups is 2. The summed E-state index contributed by atoms with van der Waals surface area (Å²) >= 11 is 14.7. The number of carbonyl (C=O) groups excluding carboxylic acids is 4. The molecule has 0 unspecified atom stereocenters. The van der Waals surface area contributed by atoms with Gasteiger partial charge in [0.2, 0.25) is 11.8 Å². The van der Waals surface area contributed by atoms with Gasteiger partial charge < -0.3 is 9.84 Å². The fourth-order valence-corrected chi connectivity index (χ4v) is 8.29. The van der Waals surface area contributed by atoms with E-state index in [1.165, 1.54) is 17.0 Å². The minimum Gasteiger partial charge on any atom is -0.491 e. The van der Waals surface area contributed by atoms with Gasteiger partial charge in [-0.1, -0.05) is 23.8 Å². The zero-order valence-electron chi connectivity index (χ0n) is 23.9. The number of alkyl halides is 2. The maximum Gasteiger partial charge on any atom is 0.258 e. The molecular weight excluding hydrogens is 598 g/mol. The third-order valence-corrected chi connectivity index (χ3v) is 10.6. The molecule has 2 aromatic carbocycles. The fourth-order valence-electron chi connectivity index (χ4n) is 7.35. The molecular formula is C32H31Cl2FN2O6. The highest BCUT2D eigenvalue weighted by atomic mass is 35.5. The number of allylic oxidation sites excluding steroid dienone is 2. The zero-order valence-corrected chi connectivity index (χ0v) is 25.4. The van der Waals surface area contributed by atoms with Crippen molar-refractivity contribution < 1.29 is 33.4 Å². The lowest BCUT2D eigenvalue weighted by Gasteiger charge is -2.50. The molecule has 0 bridgehead atoms. The lowest BCUT2D eigenvalue weighted by molar-refractivity contribution is -0.145. The van der Waals surface area contributed by atoms with Crippen molar-refractivity contribution in [3.05, 3.63) is 71.6 Å². The van der Waals surface area contributed by atoms with Crippen molar-refractivity contribution in [2.45, 2.75) is 54.8 Å². The molecule has 6 atom stereocenters. The number of nitrogens with zero attached hydrogens (tertiary/aromatic N) is 2. The second-order valence-corrected chi connectivity index (χ2v) is 13.8. The summed E-state index contributed by atoms with van der Waals surface area (Å²) in [4.78, 5) is 54.3. The number of fused-ring (bicyclic) bond motifs is 4. The van der Waals surface area contributed by atoms with Crippen LogP contribution in [0.3, 0.4) is 0 Å². The second-order valence-electron chi connectivity index (χ2n) is 12.6. The SMILES string of the molecule is CC(C)(C)N1C(=O)[C@H]2[C@H](CC=C3[C@H]2C[C@@]2(Cl)C(=O)N(c4ccc(F)cc4)C(=O)[C@@]2(Cl)[C@H]3c2ccc(OCCO)cc2)C1=O. The van der Waals surface area contributed by atoms with E-state index >= 15 is 0 Å². The molecule has 4 amide bonds. The summed E-state index contributed by atoms with van der Waals surface area (Å²) in [6, 6.07) is 11.7. The van der Waals surface area contributed by atoms with E-state index in [0.29, 0.717) is 16.9 Å². The van der Waals surface area contributed by atoms with Gasteiger partial charge >= 0.3 is 0 Å². The average Bonchev–Trinajstić information content (AvgIpc) is 3.31. The van der Waals surface area contributed by atoms with Crippen LogP contribution < -0.4 is 9.64 Å². The number of ether oxygens (including phenoxy) is 1. The second kappa shape index (κ2) is 10.1. The Labute approximate surface area is 258 Å². The third kappa shape index (κ3) is 4.19. The number of hydrogen-bond donors (Lipinski definition) is 1. The van der Waals surface area contributed by atoms with Gasteiger partial charge in [0.15, 0.2) is 9.75 Å². The van der Waals surface area contributed by atoms with Gasteiger partial charge in [-0.15, -0.1) is 23.2 Å². The molecule has 2 aromatic rings. The van der Waals surface area contributed by atoms with Crippen LogP contribution in [0.4, 0.5) is 10.1 Å². The lowest BCUT2D eigenvalue weighted by atomic mass is 9.56. The van der Waals surface area contributed by atoms with Crippen LogP contribution >= 0.6 is 23.2 Å². The average molecular weight is 630 g/mol. The topological polar surface area (TPSA) is 104 Å². The van der Waals surface area contributed by atoms with E-state index in [1.807, 2.05) is 6.08 Å². The Morgan fingerprint density at radius 1 is 0.953 bits per heavy atom. The molecule has 2 aliphatic heterocycles. The molecule has 43 heavy (non-hydrogen) atoms.